The molecule has 2 aromatic rings. The first-order valence-electron chi connectivity index (χ1n) is 4.97. The second-order valence-corrected chi connectivity index (χ2v) is 3.34. The Labute approximate surface area is 93.4 Å². The lowest BCUT2D eigenvalue weighted by molar-refractivity contribution is -0.346. The third kappa shape index (κ3) is 2.60. The van der Waals surface area contributed by atoms with Crippen LogP contribution >= 0.6 is 0 Å². The van der Waals surface area contributed by atoms with E-state index >= 15 is 0 Å². The van der Waals surface area contributed by atoms with Gasteiger partial charge >= 0.3 is 0 Å². The number of nitrogens with zero attached hydrogens (tertiary/aromatic N) is 1. The maximum Gasteiger partial charge on any atom is 0.203 e. The number of benzene rings is 2. The van der Waals surface area contributed by atoms with Gasteiger partial charge in [-0.1, -0.05) is 18.2 Å². The summed E-state index contributed by atoms with van der Waals surface area (Å²) in [4.78, 5) is 13.4. The predicted molar refractivity (Wildman–Crippen MR) is 64.1 cm³/mol. The van der Waals surface area contributed by atoms with Gasteiger partial charge in [0, 0.05) is 17.7 Å². The zero-order valence-corrected chi connectivity index (χ0v) is 8.63. The van der Waals surface area contributed by atoms with E-state index in [0.717, 1.165) is 11.3 Å². The van der Waals surface area contributed by atoms with Crippen molar-refractivity contribution in [3.05, 3.63) is 65.1 Å². The summed E-state index contributed by atoms with van der Waals surface area (Å²) < 4.78 is 0. The van der Waals surface area contributed by atoms with Gasteiger partial charge < -0.3 is 0 Å². The molecule has 3 nitrogen and oxygen atoms in total. The van der Waals surface area contributed by atoms with Gasteiger partial charge in [0.15, 0.2) is 6.21 Å². The van der Waals surface area contributed by atoms with E-state index in [0.29, 0.717) is 5.69 Å². The fourth-order valence-corrected chi connectivity index (χ4v) is 1.33. The summed E-state index contributed by atoms with van der Waals surface area (Å²) in [6.07, 6.45) is 1.91. The fourth-order valence-electron chi connectivity index (χ4n) is 1.33. The molecule has 0 saturated carbocycles. The van der Waals surface area contributed by atoms with E-state index in [-0.39, 0.29) is 0 Å². The molecule has 3 heteroatoms. The maximum absolute atomic E-state index is 10.2. The van der Waals surface area contributed by atoms with Crippen LogP contribution in [0.2, 0.25) is 0 Å². The summed E-state index contributed by atoms with van der Waals surface area (Å²) in [5.74, 6) is 0. The molecule has 78 valence electrons. The van der Waals surface area contributed by atoms with Crippen LogP contribution in [0.15, 0.2) is 59.8 Å². The molecule has 0 atom stereocenters. The van der Waals surface area contributed by atoms with Crippen molar-refractivity contribution in [2.24, 2.45) is 5.18 Å². The van der Waals surface area contributed by atoms with Crippen molar-refractivity contribution in [2.75, 3.05) is 0 Å². The van der Waals surface area contributed by atoms with E-state index in [1.54, 1.807) is 12.1 Å². The molecule has 0 aliphatic carbocycles. The van der Waals surface area contributed by atoms with Gasteiger partial charge in [-0.25, -0.2) is 4.99 Å². The van der Waals surface area contributed by atoms with E-state index in [4.69, 9.17) is 0 Å². The first-order valence-corrected chi connectivity index (χ1v) is 4.97. The first-order chi connectivity index (χ1) is 7.88. The summed E-state index contributed by atoms with van der Waals surface area (Å²) in [5.41, 5.74) is 2.46. The number of hydrogen-bond donors (Lipinski definition) is 1. The molecule has 0 unspecified atom stereocenters. The van der Waals surface area contributed by atoms with Crippen molar-refractivity contribution >= 4 is 17.6 Å². The molecule has 0 radical (unpaired) electrons. The Morgan fingerprint density at radius 2 is 1.62 bits per heavy atom. The molecule has 0 saturated heterocycles. The van der Waals surface area contributed by atoms with Crippen LogP contribution in [-0.4, -0.2) is 6.21 Å². The van der Waals surface area contributed by atoms with E-state index in [1.165, 1.54) is 0 Å². The Morgan fingerprint density at radius 1 is 0.938 bits per heavy atom. The van der Waals surface area contributed by atoms with Gasteiger partial charge in [-0.15, -0.1) is 4.91 Å². The molecule has 0 heterocycles. The molecular formula is C13H11N2O+. The normalized spacial score (nSPS) is 10.5. The molecule has 0 spiro atoms. The SMILES string of the molecule is O=Nc1ccc([NH+]=Cc2ccccc2)cc1. The Balaban J connectivity index is 2.14. The highest BCUT2D eigenvalue weighted by Crippen LogP contribution is 2.11. The second-order valence-electron chi connectivity index (χ2n) is 3.34. The monoisotopic (exact) mass is 211 g/mol. The lowest BCUT2D eigenvalue weighted by atomic mass is 10.2. The molecule has 0 bridgehead atoms. The highest BCUT2D eigenvalue weighted by Gasteiger charge is 1.96. The molecular weight excluding hydrogens is 200 g/mol. The molecule has 0 aromatic heterocycles. The standard InChI is InChI=1S/C13H10N2O/c16-15-13-8-6-12(7-9-13)14-10-11-4-2-1-3-5-11/h1-10H/p+1. The molecule has 0 aliphatic heterocycles. The highest BCUT2D eigenvalue weighted by molar-refractivity contribution is 5.75. The van der Waals surface area contributed by atoms with Crippen LogP contribution in [0.4, 0.5) is 11.4 Å². The Kier molecular flexibility index (Phi) is 3.18. The van der Waals surface area contributed by atoms with E-state index in [9.17, 15) is 4.91 Å². The molecule has 2 rings (SSSR count). The van der Waals surface area contributed by atoms with Crippen molar-refractivity contribution in [1.82, 2.24) is 0 Å². The van der Waals surface area contributed by atoms with E-state index < -0.39 is 0 Å². The van der Waals surface area contributed by atoms with Gasteiger partial charge in [-0.05, 0) is 29.4 Å². The average Bonchev–Trinajstić information content (AvgIpc) is 2.38. The van der Waals surface area contributed by atoms with Gasteiger partial charge in [0.25, 0.3) is 0 Å². The molecule has 0 amide bonds. The van der Waals surface area contributed by atoms with Crippen LogP contribution in [0.5, 0.6) is 0 Å². The molecule has 0 aliphatic rings. The predicted octanol–water partition coefficient (Wildman–Crippen LogP) is 1.92. The summed E-state index contributed by atoms with van der Waals surface area (Å²) in [7, 11) is 0. The van der Waals surface area contributed by atoms with E-state index in [1.807, 2.05) is 48.7 Å². The van der Waals surface area contributed by atoms with Crippen molar-refractivity contribution in [3.63, 3.8) is 0 Å². The fraction of sp³-hybridized carbons (Fsp3) is 0. The molecule has 1 N–H and O–H groups in total. The third-order valence-corrected chi connectivity index (χ3v) is 2.18. The number of nitroso groups, excluding NO2 is 1. The minimum absolute atomic E-state index is 0.435. The number of hydrogen-bond acceptors (Lipinski definition) is 2. The van der Waals surface area contributed by atoms with Crippen molar-refractivity contribution in [2.45, 2.75) is 0 Å². The molecule has 16 heavy (non-hydrogen) atoms. The van der Waals surface area contributed by atoms with Crippen LogP contribution in [0.3, 0.4) is 0 Å². The highest BCUT2D eigenvalue weighted by atomic mass is 16.3. The van der Waals surface area contributed by atoms with Crippen molar-refractivity contribution in [3.8, 4) is 0 Å². The Morgan fingerprint density at radius 3 is 2.25 bits per heavy atom. The summed E-state index contributed by atoms with van der Waals surface area (Å²) in [6, 6.07) is 16.9. The van der Waals surface area contributed by atoms with Crippen LogP contribution in [-0.2, 0) is 0 Å². The lowest BCUT2D eigenvalue weighted by Gasteiger charge is -1.88. The van der Waals surface area contributed by atoms with Gasteiger partial charge in [0.2, 0.25) is 5.69 Å². The first kappa shape index (κ1) is 10.2. The van der Waals surface area contributed by atoms with Crippen LogP contribution in [0.1, 0.15) is 5.56 Å². The summed E-state index contributed by atoms with van der Waals surface area (Å²) >= 11 is 0. The number of rotatable bonds is 3. The number of nitrogens with one attached hydrogen (secondary N) is 1. The third-order valence-electron chi connectivity index (χ3n) is 2.18. The average molecular weight is 211 g/mol. The van der Waals surface area contributed by atoms with Crippen LogP contribution in [0, 0.1) is 4.91 Å². The zero-order chi connectivity index (χ0) is 11.2. The van der Waals surface area contributed by atoms with Gasteiger partial charge in [0.1, 0.15) is 5.69 Å². The van der Waals surface area contributed by atoms with Crippen LogP contribution < -0.4 is 4.99 Å². The van der Waals surface area contributed by atoms with Gasteiger partial charge in [-0.3, -0.25) is 0 Å². The Hall–Kier alpha value is -2.29. The Bertz CT molecular complexity index is 489. The van der Waals surface area contributed by atoms with Crippen LogP contribution in [0.25, 0.3) is 0 Å². The van der Waals surface area contributed by atoms with Gasteiger partial charge in [0.05, 0.1) is 0 Å². The minimum Gasteiger partial charge on any atom is -0.211 e. The summed E-state index contributed by atoms with van der Waals surface area (Å²) in [5, 5.41) is 2.84. The second kappa shape index (κ2) is 4.98. The zero-order valence-electron chi connectivity index (χ0n) is 8.63. The minimum atomic E-state index is 0.435. The quantitative estimate of drug-likeness (QED) is 0.611. The summed E-state index contributed by atoms with van der Waals surface area (Å²) in [6.45, 7) is 0. The lowest BCUT2D eigenvalue weighted by Crippen LogP contribution is -2.61. The van der Waals surface area contributed by atoms with E-state index in [2.05, 4.69) is 10.2 Å². The maximum atomic E-state index is 10.2. The smallest absolute Gasteiger partial charge is 0.203 e. The largest absolute Gasteiger partial charge is 0.211 e. The topological polar surface area (TPSA) is 43.4 Å². The van der Waals surface area contributed by atoms with Crippen molar-refractivity contribution in [1.29, 1.82) is 0 Å². The van der Waals surface area contributed by atoms with Crippen molar-refractivity contribution < 1.29 is 4.99 Å². The van der Waals surface area contributed by atoms with Gasteiger partial charge in [-0.2, -0.15) is 0 Å². The molecule has 0 fully saturated rings. The molecule has 2 aromatic carbocycles.